The van der Waals surface area contributed by atoms with Gasteiger partial charge in [-0.15, -0.1) is 0 Å². The van der Waals surface area contributed by atoms with E-state index >= 15 is 0 Å². The predicted octanol–water partition coefficient (Wildman–Crippen LogP) is 2.92. The highest BCUT2D eigenvalue weighted by atomic mass is 16.2. The Bertz CT molecular complexity index is 432. The van der Waals surface area contributed by atoms with Crippen LogP contribution in [0.2, 0.25) is 0 Å². The van der Waals surface area contributed by atoms with E-state index in [0.29, 0.717) is 11.1 Å². The minimum Gasteiger partial charge on any atom is -0.399 e. The van der Waals surface area contributed by atoms with Gasteiger partial charge in [-0.05, 0) is 36.5 Å². The van der Waals surface area contributed by atoms with Crippen LogP contribution in [0.25, 0.3) is 0 Å². The largest absolute Gasteiger partial charge is 0.399 e. The van der Waals surface area contributed by atoms with Crippen LogP contribution >= 0.6 is 0 Å². The van der Waals surface area contributed by atoms with Crippen molar-refractivity contribution >= 4 is 17.4 Å². The summed E-state index contributed by atoms with van der Waals surface area (Å²) < 4.78 is 0. The standard InChI is InChI=1S/C14H21N3O/c1-14(2)6-8-17(9-7-14)13(18)16-12-5-3-4-11(15)10-12/h3-5,10H,6-9,15H2,1-2H3,(H,16,18). The molecule has 2 rings (SSSR count). The average Bonchev–Trinajstić information content (AvgIpc) is 2.28. The van der Waals surface area contributed by atoms with E-state index in [-0.39, 0.29) is 6.03 Å². The zero-order valence-electron chi connectivity index (χ0n) is 11.1. The molecule has 4 nitrogen and oxygen atoms in total. The summed E-state index contributed by atoms with van der Waals surface area (Å²) in [5.74, 6) is 0. The van der Waals surface area contributed by atoms with Crippen LogP contribution in [-0.2, 0) is 0 Å². The van der Waals surface area contributed by atoms with Gasteiger partial charge in [-0.25, -0.2) is 4.79 Å². The molecule has 4 heteroatoms. The van der Waals surface area contributed by atoms with Gasteiger partial charge in [0.1, 0.15) is 0 Å². The number of nitrogens with one attached hydrogen (secondary N) is 1. The zero-order valence-corrected chi connectivity index (χ0v) is 11.1. The second kappa shape index (κ2) is 4.88. The number of hydrogen-bond acceptors (Lipinski definition) is 2. The number of urea groups is 1. The van der Waals surface area contributed by atoms with Gasteiger partial charge in [0, 0.05) is 24.5 Å². The van der Waals surface area contributed by atoms with E-state index in [9.17, 15) is 4.79 Å². The van der Waals surface area contributed by atoms with Gasteiger partial charge in [-0.2, -0.15) is 0 Å². The summed E-state index contributed by atoms with van der Waals surface area (Å²) in [5, 5.41) is 2.89. The lowest BCUT2D eigenvalue weighted by Crippen LogP contribution is -2.43. The molecule has 1 aromatic rings. The van der Waals surface area contributed by atoms with Crippen molar-refractivity contribution in [1.82, 2.24) is 4.90 Å². The van der Waals surface area contributed by atoms with E-state index < -0.39 is 0 Å². The molecule has 0 spiro atoms. The number of hydrogen-bond donors (Lipinski definition) is 2. The molecule has 0 aliphatic carbocycles. The van der Waals surface area contributed by atoms with Gasteiger partial charge in [-0.1, -0.05) is 19.9 Å². The van der Waals surface area contributed by atoms with Crippen LogP contribution < -0.4 is 11.1 Å². The van der Waals surface area contributed by atoms with Gasteiger partial charge in [0.05, 0.1) is 0 Å². The Morgan fingerprint density at radius 3 is 2.61 bits per heavy atom. The number of nitrogens with zero attached hydrogens (tertiary/aromatic N) is 1. The van der Waals surface area contributed by atoms with Gasteiger partial charge in [0.2, 0.25) is 0 Å². The van der Waals surface area contributed by atoms with Gasteiger partial charge in [0.25, 0.3) is 0 Å². The van der Waals surface area contributed by atoms with Crippen LogP contribution in [0.1, 0.15) is 26.7 Å². The second-order valence-electron chi connectivity index (χ2n) is 5.71. The highest BCUT2D eigenvalue weighted by Crippen LogP contribution is 2.29. The Labute approximate surface area is 108 Å². The maximum Gasteiger partial charge on any atom is 0.321 e. The molecule has 2 amide bonds. The lowest BCUT2D eigenvalue weighted by molar-refractivity contribution is 0.149. The average molecular weight is 247 g/mol. The first kappa shape index (κ1) is 12.7. The summed E-state index contributed by atoms with van der Waals surface area (Å²) in [6.45, 7) is 6.14. The third kappa shape index (κ3) is 3.15. The first-order chi connectivity index (χ1) is 8.46. The molecule has 0 aromatic heterocycles. The number of amides is 2. The van der Waals surface area contributed by atoms with E-state index in [2.05, 4.69) is 19.2 Å². The third-order valence-corrected chi connectivity index (χ3v) is 3.54. The fraction of sp³-hybridized carbons (Fsp3) is 0.500. The number of carbonyl (C=O) groups is 1. The van der Waals surface area contributed by atoms with Gasteiger partial charge in [-0.3, -0.25) is 0 Å². The molecular weight excluding hydrogens is 226 g/mol. The molecule has 1 aliphatic heterocycles. The van der Waals surface area contributed by atoms with E-state index in [1.807, 2.05) is 17.0 Å². The number of rotatable bonds is 1. The quantitative estimate of drug-likeness (QED) is 0.750. The molecule has 0 atom stereocenters. The Kier molecular flexibility index (Phi) is 3.45. The van der Waals surface area contributed by atoms with Crippen LogP contribution in [0.4, 0.5) is 16.2 Å². The summed E-state index contributed by atoms with van der Waals surface area (Å²) in [7, 11) is 0. The number of nitrogen functional groups attached to an aromatic ring is 1. The minimum absolute atomic E-state index is 0.0314. The monoisotopic (exact) mass is 247 g/mol. The normalized spacial score (nSPS) is 18.4. The highest BCUT2D eigenvalue weighted by molar-refractivity contribution is 5.89. The van der Waals surface area contributed by atoms with Gasteiger partial charge < -0.3 is 16.0 Å². The van der Waals surface area contributed by atoms with E-state index in [1.165, 1.54) is 0 Å². The molecule has 0 bridgehead atoms. The molecule has 1 fully saturated rings. The van der Waals surface area contributed by atoms with E-state index in [4.69, 9.17) is 5.73 Å². The molecule has 3 N–H and O–H groups in total. The van der Waals surface area contributed by atoms with Crippen molar-refractivity contribution in [1.29, 1.82) is 0 Å². The number of piperidine rings is 1. The Balaban J connectivity index is 1.93. The molecule has 1 heterocycles. The maximum atomic E-state index is 12.1. The number of carbonyl (C=O) groups excluding carboxylic acids is 1. The zero-order chi connectivity index (χ0) is 13.2. The van der Waals surface area contributed by atoms with Crippen molar-refractivity contribution in [2.24, 2.45) is 5.41 Å². The Morgan fingerprint density at radius 1 is 1.33 bits per heavy atom. The Morgan fingerprint density at radius 2 is 2.00 bits per heavy atom. The molecule has 1 saturated heterocycles. The van der Waals surface area contributed by atoms with Crippen molar-refractivity contribution in [2.45, 2.75) is 26.7 Å². The predicted molar refractivity (Wildman–Crippen MR) is 74.5 cm³/mol. The SMILES string of the molecule is CC1(C)CCN(C(=O)Nc2cccc(N)c2)CC1. The molecule has 1 aromatic carbocycles. The molecule has 18 heavy (non-hydrogen) atoms. The maximum absolute atomic E-state index is 12.1. The van der Waals surface area contributed by atoms with Crippen LogP contribution in [0.5, 0.6) is 0 Å². The molecule has 1 aliphatic rings. The van der Waals surface area contributed by atoms with Crippen LogP contribution in [0.3, 0.4) is 0 Å². The first-order valence-electron chi connectivity index (χ1n) is 6.38. The summed E-state index contributed by atoms with van der Waals surface area (Å²) in [5.41, 5.74) is 7.45. The molecule has 98 valence electrons. The van der Waals surface area contributed by atoms with Crippen molar-refractivity contribution in [2.75, 3.05) is 24.1 Å². The number of benzene rings is 1. The summed E-state index contributed by atoms with van der Waals surface area (Å²) in [4.78, 5) is 13.9. The first-order valence-corrected chi connectivity index (χ1v) is 6.38. The van der Waals surface area contributed by atoms with Gasteiger partial charge >= 0.3 is 6.03 Å². The van der Waals surface area contributed by atoms with E-state index in [0.717, 1.165) is 31.6 Å². The topological polar surface area (TPSA) is 58.4 Å². The van der Waals surface area contributed by atoms with Gasteiger partial charge in [0.15, 0.2) is 0 Å². The summed E-state index contributed by atoms with van der Waals surface area (Å²) >= 11 is 0. The van der Waals surface area contributed by atoms with Crippen molar-refractivity contribution in [3.8, 4) is 0 Å². The number of nitrogens with two attached hydrogens (primary N) is 1. The molecule has 0 radical (unpaired) electrons. The van der Waals surface area contributed by atoms with Crippen LogP contribution in [0.15, 0.2) is 24.3 Å². The lowest BCUT2D eigenvalue weighted by Gasteiger charge is -2.36. The summed E-state index contributed by atoms with van der Waals surface area (Å²) in [6.07, 6.45) is 2.11. The van der Waals surface area contributed by atoms with Crippen molar-refractivity contribution in [3.05, 3.63) is 24.3 Å². The van der Waals surface area contributed by atoms with Crippen LogP contribution in [-0.4, -0.2) is 24.0 Å². The lowest BCUT2D eigenvalue weighted by atomic mass is 9.83. The third-order valence-electron chi connectivity index (χ3n) is 3.54. The Hall–Kier alpha value is -1.71. The molecule has 0 saturated carbocycles. The fourth-order valence-corrected chi connectivity index (χ4v) is 2.13. The van der Waals surface area contributed by atoms with E-state index in [1.54, 1.807) is 12.1 Å². The summed E-state index contributed by atoms with van der Waals surface area (Å²) in [6, 6.07) is 7.23. The van der Waals surface area contributed by atoms with Crippen LogP contribution in [0, 0.1) is 5.41 Å². The number of anilines is 2. The number of likely N-dealkylation sites (tertiary alicyclic amines) is 1. The van der Waals surface area contributed by atoms with Crippen molar-refractivity contribution < 1.29 is 4.79 Å². The smallest absolute Gasteiger partial charge is 0.321 e. The molecule has 0 unspecified atom stereocenters. The molecular formula is C14H21N3O. The highest BCUT2D eigenvalue weighted by Gasteiger charge is 2.27. The minimum atomic E-state index is -0.0314. The van der Waals surface area contributed by atoms with Crippen molar-refractivity contribution in [3.63, 3.8) is 0 Å². The fourth-order valence-electron chi connectivity index (χ4n) is 2.13. The second-order valence-corrected chi connectivity index (χ2v) is 5.71.